The molecule has 4 amide bonds. The van der Waals surface area contributed by atoms with E-state index in [0.717, 1.165) is 52.1 Å². The summed E-state index contributed by atoms with van der Waals surface area (Å²) in [5, 5.41) is 3.23. The summed E-state index contributed by atoms with van der Waals surface area (Å²) in [6.07, 6.45) is -1.85. The number of alkyl halides is 2. The minimum absolute atomic E-state index is 0.0450. The predicted molar refractivity (Wildman–Crippen MR) is 238 cm³/mol. The number of nitrogens with two attached hydrogens (primary N) is 1. The van der Waals surface area contributed by atoms with Gasteiger partial charge in [-0.2, -0.15) is 17.2 Å². The number of amides is 4. The van der Waals surface area contributed by atoms with E-state index in [0.29, 0.717) is 0 Å². The van der Waals surface area contributed by atoms with Crippen LogP contribution in [0.5, 0.6) is 0 Å². The summed E-state index contributed by atoms with van der Waals surface area (Å²) in [5.74, 6) is -3.74. The molecule has 0 radical (unpaired) electrons. The molecule has 5 N–H and O–H groups in total. The van der Waals surface area contributed by atoms with Crippen molar-refractivity contribution >= 4 is 39.9 Å². The Morgan fingerprint density at radius 3 is 1.83 bits per heavy atom. The van der Waals surface area contributed by atoms with E-state index >= 15 is 8.78 Å². The number of benzene rings is 4. The second-order valence-corrected chi connectivity index (χ2v) is 19.2. The zero-order valence-corrected chi connectivity index (χ0v) is 37.8. The van der Waals surface area contributed by atoms with E-state index in [-0.39, 0.29) is 56.3 Å². The van der Waals surface area contributed by atoms with E-state index in [1.807, 2.05) is 48.5 Å². The Morgan fingerprint density at radius 1 is 0.708 bits per heavy atom. The fourth-order valence-electron chi connectivity index (χ4n) is 7.14. The summed E-state index contributed by atoms with van der Waals surface area (Å²) in [4.78, 5) is 67.0. The summed E-state index contributed by atoms with van der Waals surface area (Å²) in [7, 11) is -5.40. The standard InChI is InChI=1S/C48H56F2N4O10S/c1-30(2)25-40(43(51)56)52-45(58)41(26-31-19-21-33(22-20-31)48(49,50)65(60,61)64-29-47(3,4)5)53-44(57)39(23-24-42(55)62-27-32-13-7-6-8-14-32)54-46(59)63-28-38-36-17-11-9-15-34(36)35-16-10-12-18-37(35)38/h6-22,30,38-41H,23-29H2,1-5H3,(H2,51,56)(H,52,58)(H,53,57)(H,54,59)/t39-,40-,41-/m0/s1. The van der Waals surface area contributed by atoms with Gasteiger partial charge in [0.1, 0.15) is 31.3 Å². The average molecular weight is 919 g/mol. The molecular formula is C48H56F2N4O10S. The summed E-state index contributed by atoms with van der Waals surface area (Å²) in [5.41, 5.74) is 8.79. The first-order valence-corrected chi connectivity index (χ1v) is 22.6. The van der Waals surface area contributed by atoms with Gasteiger partial charge in [0.15, 0.2) is 0 Å². The van der Waals surface area contributed by atoms with Gasteiger partial charge >= 0.3 is 27.4 Å². The lowest BCUT2D eigenvalue weighted by Gasteiger charge is -2.26. The normalized spacial score (nSPS) is 14.0. The molecule has 1 aliphatic rings. The molecule has 0 saturated carbocycles. The van der Waals surface area contributed by atoms with Crippen molar-refractivity contribution in [2.24, 2.45) is 17.1 Å². The van der Waals surface area contributed by atoms with Crippen molar-refractivity contribution in [3.8, 4) is 11.1 Å². The molecule has 348 valence electrons. The smallest absolute Gasteiger partial charge is 0.407 e. The first-order valence-electron chi connectivity index (χ1n) is 21.2. The highest BCUT2D eigenvalue weighted by atomic mass is 32.2. The Bertz CT molecular complexity index is 2380. The van der Waals surface area contributed by atoms with E-state index in [9.17, 15) is 32.4 Å². The van der Waals surface area contributed by atoms with E-state index in [1.54, 1.807) is 65.0 Å². The highest BCUT2D eigenvalue weighted by Crippen LogP contribution is 2.44. The first-order chi connectivity index (χ1) is 30.6. The number of fused-ring (bicyclic) bond motifs is 3. The number of alkyl carbamates (subject to hydrolysis) is 1. The van der Waals surface area contributed by atoms with Gasteiger partial charge in [-0.1, -0.05) is 138 Å². The van der Waals surface area contributed by atoms with Crippen LogP contribution >= 0.6 is 0 Å². The lowest BCUT2D eigenvalue weighted by Crippen LogP contribution is -2.57. The van der Waals surface area contributed by atoms with Crippen LogP contribution in [0.2, 0.25) is 0 Å². The Balaban J connectivity index is 1.37. The fourth-order valence-corrected chi connectivity index (χ4v) is 8.22. The van der Waals surface area contributed by atoms with Gasteiger partial charge in [0.05, 0.1) is 6.61 Å². The number of carbonyl (C=O) groups is 5. The number of ether oxygens (including phenoxy) is 2. The molecular weight excluding hydrogens is 863 g/mol. The molecule has 17 heteroatoms. The second kappa shape index (κ2) is 21.7. The molecule has 14 nitrogen and oxygen atoms in total. The number of esters is 1. The van der Waals surface area contributed by atoms with E-state index in [1.165, 1.54) is 0 Å². The van der Waals surface area contributed by atoms with Crippen molar-refractivity contribution in [3.05, 3.63) is 131 Å². The third-order valence-corrected chi connectivity index (χ3v) is 11.8. The average Bonchev–Trinajstić information content (AvgIpc) is 3.58. The Hall–Kier alpha value is -6.20. The van der Waals surface area contributed by atoms with Crippen LogP contribution in [0.25, 0.3) is 11.1 Å². The highest BCUT2D eigenvalue weighted by Gasteiger charge is 2.48. The number of rotatable bonds is 21. The van der Waals surface area contributed by atoms with Crippen LogP contribution in [0.1, 0.15) is 87.6 Å². The van der Waals surface area contributed by atoms with Crippen LogP contribution in [0.3, 0.4) is 0 Å². The maximum atomic E-state index is 15.3. The summed E-state index contributed by atoms with van der Waals surface area (Å²) < 4.78 is 71.5. The molecule has 0 fully saturated rings. The van der Waals surface area contributed by atoms with E-state index in [4.69, 9.17) is 15.2 Å². The van der Waals surface area contributed by atoms with Crippen molar-refractivity contribution in [2.75, 3.05) is 13.2 Å². The van der Waals surface area contributed by atoms with Crippen LogP contribution in [0, 0.1) is 11.3 Å². The third-order valence-electron chi connectivity index (χ3n) is 10.5. The second-order valence-electron chi connectivity index (χ2n) is 17.6. The molecule has 0 unspecified atom stereocenters. The maximum absolute atomic E-state index is 15.3. The molecule has 4 aromatic rings. The van der Waals surface area contributed by atoms with Crippen LogP contribution < -0.4 is 21.7 Å². The number of nitrogens with one attached hydrogen (secondary N) is 3. The lowest BCUT2D eigenvalue weighted by molar-refractivity contribution is -0.145. The van der Waals surface area contributed by atoms with Crippen molar-refractivity contribution in [2.45, 2.75) is 96.2 Å². The van der Waals surface area contributed by atoms with E-state index < -0.39 is 80.9 Å². The maximum Gasteiger partial charge on any atom is 0.407 e. The van der Waals surface area contributed by atoms with Gasteiger partial charge in [-0.3, -0.25) is 23.4 Å². The summed E-state index contributed by atoms with van der Waals surface area (Å²) in [6, 6.07) is 24.2. The SMILES string of the molecule is CC(C)C[C@H](NC(=O)[C@H](Cc1ccc(C(F)(F)S(=O)(=O)OCC(C)(C)C)cc1)NC(=O)[C@H](CCC(=O)OCc1ccccc1)NC(=O)OCC1c2ccccc2-c2ccccc21)C(N)=O. The molecule has 0 bridgehead atoms. The summed E-state index contributed by atoms with van der Waals surface area (Å²) in [6.45, 7) is 7.84. The largest absolute Gasteiger partial charge is 0.461 e. The van der Waals surface area contributed by atoms with Crippen molar-refractivity contribution in [1.29, 1.82) is 0 Å². The van der Waals surface area contributed by atoms with Crippen LogP contribution in [-0.4, -0.2) is 69.5 Å². The van der Waals surface area contributed by atoms with Crippen molar-refractivity contribution < 1.29 is 54.8 Å². The summed E-state index contributed by atoms with van der Waals surface area (Å²) >= 11 is 0. The van der Waals surface area contributed by atoms with Gasteiger partial charge in [-0.25, -0.2) is 4.79 Å². The van der Waals surface area contributed by atoms with E-state index in [2.05, 4.69) is 20.1 Å². The van der Waals surface area contributed by atoms with Crippen LogP contribution in [0.4, 0.5) is 13.6 Å². The van der Waals surface area contributed by atoms with Gasteiger partial charge in [-0.15, -0.1) is 0 Å². The molecule has 0 saturated heterocycles. The number of hydrogen-bond donors (Lipinski definition) is 4. The third kappa shape index (κ3) is 13.7. The van der Waals surface area contributed by atoms with Gasteiger partial charge in [0.25, 0.3) is 0 Å². The lowest BCUT2D eigenvalue weighted by atomic mass is 9.98. The number of halogens is 2. The zero-order chi connectivity index (χ0) is 47.5. The zero-order valence-electron chi connectivity index (χ0n) is 37.0. The first kappa shape index (κ1) is 49.8. The molecule has 0 heterocycles. The molecule has 4 aromatic carbocycles. The predicted octanol–water partition coefficient (Wildman–Crippen LogP) is 6.60. The number of primary amides is 1. The molecule has 0 aromatic heterocycles. The number of hydrogen-bond acceptors (Lipinski definition) is 10. The quantitative estimate of drug-likeness (QED) is 0.0520. The Kier molecular flexibility index (Phi) is 16.6. The molecule has 5 rings (SSSR count). The van der Waals surface area contributed by atoms with Gasteiger partial charge in [-0.05, 0) is 57.6 Å². The van der Waals surface area contributed by atoms with Gasteiger partial charge in [0.2, 0.25) is 17.7 Å². The molecule has 1 aliphatic carbocycles. The topological polar surface area (TPSA) is 209 Å². The minimum Gasteiger partial charge on any atom is -0.461 e. The Labute approximate surface area is 378 Å². The molecule has 0 spiro atoms. The minimum atomic E-state index is -5.40. The van der Waals surface area contributed by atoms with Crippen LogP contribution in [0.15, 0.2) is 103 Å². The monoisotopic (exact) mass is 918 g/mol. The molecule has 0 aliphatic heterocycles. The molecule has 65 heavy (non-hydrogen) atoms. The van der Waals surface area contributed by atoms with Crippen LogP contribution in [-0.2, 0) is 61.2 Å². The fraction of sp³-hybridized carbons (Fsp3) is 0.396. The van der Waals surface area contributed by atoms with Gasteiger partial charge < -0.3 is 31.2 Å². The molecule has 3 atom stereocenters. The highest BCUT2D eigenvalue weighted by molar-refractivity contribution is 7.87. The Morgan fingerprint density at radius 2 is 1.26 bits per heavy atom. The van der Waals surface area contributed by atoms with Crippen molar-refractivity contribution in [3.63, 3.8) is 0 Å². The van der Waals surface area contributed by atoms with Crippen molar-refractivity contribution in [1.82, 2.24) is 16.0 Å². The number of carbonyl (C=O) groups excluding carboxylic acids is 5. The van der Waals surface area contributed by atoms with Gasteiger partial charge in [0, 0.05) is 24.3 Å².